The summed E-state index contributed by atoms with van der Waals surface area (Å²) in [4.78, 5) is 27.9. The largest absolute Gasteiger partial charge is 0.465 e. The Morgan fingerprint density at radius 2 is 1.87 bits per heavy atom. The second-order valence-corrected chi connectivity index (χ2v) is 15.0. The molecule has 1 saturated heterocycles. The normalized spacial score (nSPS) is 47.4. The highest BCUT2D eigenvalue weighted by molar-refractivity contribution is 6.30. The minimum absolute atomic E-state index is 0.00171. The first kappa shape index (κ1) is 32.7. The summed E-state index contributed by atoms with van der Waals surface area (Å²) in [5, 5.41) is 27.2. The van der Waals surface area contributed by atoms with Crippen molar-refractivity contribution in [3.63, 3.8) is 0 Å². The average molecular weight is 664 g/mol. The number of ether oxygens (including phenoxy) is 6. The molecule has 11 nitrogen and oxygen atoms in total. The topological polar surface area (TPSA) is 133 Å². The molecule has 5 saturated carbocycles. The number of piperidine rings is 1. The fraction of sp³-hybridized carbons (Fsp3) is 0.765. The molecule has 1 aliphatic heterocycles. The highest BCUT2D eigenvalue weighted by Gasteiger charge is 2.92. The van der Waals surface area contributed by atoms with Gasteiger partial charge in [0.1, 0.15) is 11.2 Å². The number of halogens is 1. The molecule has 1 unspecified atom stereocenters. The highest BCUT2D eigenvalue weighted by Crippen LogP contribution is 2.80. The molecule has 12 heteroatoms. The van der Waals surface area contributed by atoms with E-state index in [9.17, 15) is 19.8 Å². The SMILES string of the molecule is CO[C@H]1[C@@H]2C[C@@H]3[C@H]1[C@](O)(C[C@@H]2OC)[C@@]1(O)[C@@H](OC)[C@@H]2[C@@]4(COC(C)=O)CC[C@H](OC)[C@@]32[C@@H]1N(C(C)OC(=O)c1cccc(Cl)c1)C4. The second-order valence-electron chi connectivity index (χ2n) is 14.6. The number of benzene rings is 1. The van der Waals surface area contributed by atoms with Crippen LogP contribution < -0.4 is 0 Å². The molecule has 1 aromatic carbocycles. The summed E-state index contributed by atoms with van der Waals surface area (Å²) < 4.78 is 37.0. The van der Waals surface area contributed by atoms with E-state index in [1.54, 1.807) is 59.6 Å². The lowest BCUT2D eigenvalue weighted by molar-refractivity contribution is -0.329. The van der Waals surface area contributed by atoms with E-state index in [1.807, 2.05) is 4.90 Å². The van der Waals surface area contributed by atoms with Crippen molar-refractivity contribution in [2.75, 3.05) is 41.6 Å². The van der Waals surface area contributed by atoms with Gasteiger partial charge in [-0.05, 0) is 50.3 Å². The van der Waals surface area contributed by atoms with E-state index in [0.717, 1.165) is 0 Å². The van der Waals surface area contributed by atoms with Crippen LogP contribution in [0.25, 0.3) is 0 Å². The van der Waals surface area contributed by atoms with Crippen LogP contribution in [0.1, 0.15) is 49.9 Å². The minimum Gasteiger partial charge on any atom is -0.465 e. The zero-order valence-corrected chi connectivity index (χ0v) is 28.1. The Morgan fingerprint density at radius 1 is 1.11 bits per heavy atom. The molecule has 6 fully saturated rings. The molecule has 46 heavy (non-hydrogen) atoms. The van der Waals surface area contributed by atoms with E-state index in [-0.39, 0.29) is 49.1 Å². The van der Waals surface area contributed by atoms with Crippen LogP contribution in [0.5, 0.6) is 0 Å². The first-order valence-corrected chi connectivity index (χ1v) is 16.7. The number of hydrogen-bond donors (Lipinski definition) is 2. The first-order chi connectivity index (χ1) is 21.9. The maximum Gasteiger partial charge on any atom is 0.339 e. The van der Waals surface area contributed by atoms with Crippen molar-refractivity contribution < 1.29 is 48.2 Å². The second kappa shape index (κ2) is 11.1. The summed E-state index contributed by atoms with van der Waals surface area (Å²) in [5.41, 5.74) is -4.70. The number of nitrogens with zero attached hydrogens (tertiary/aromatic N) is 1. The van der Waals surface area contributed by atoms with Crippen molar-refractivity contribution >= 4 is 23.5 Å². The van der Waals surface area contributed by atoms with Gasteiger partial charge in [-0.3, -0.25) is 9.69 Å². The number of aliphatic hydroxyl groups is 2. The van der Waals surface area contributed by atoms with E-state index in [1.165, 1.54) is 6.92 Å². The molecule has 0 radical (unpaired) electrons. The number of carbonyl (C=O) groups is 2. The van der Waals surface area contributed by atoms with Gasteiger partial charge in [0.15, 0.2) is 6.23 Å². The third-order valence-electron chi connectivity index (χ3n) is 13.2. The summed E-state index contributed by atoms with van der Waals surface area (Å²) in [5.74, 6) is -1.90. The predicted molar refractivity (Wildman–Crippen MR) is 164 cm³/mol. The lowest BCUT2D eigenvalue weighted by Gasteiger charge is -2.70. The van der Waals surface area contributed by atoms with Crippen LogP contribution in [0.2, 0.25) is 5.02 Å². The van der Waals surface area contributed by atoms with Gasteiger partial charge in [0.05, 0.1) is 42.6 Å². The van der Waals surface area contributed by atoms with Crippen LogP contribution in [0.4, 0.5) is 0 Å². The van der Waals surface area contributed by atoms with Crippen molar-refractivity contribution in [1.29, 1.82) is 0 Å². The van der Waals surface area contributed by atoms with Crippen LogP contribution in [0.15, 0.2) is 24.3 Å². The Balaban J connectivity index is 1.44. The standard InChI is InChI=1S/C34H46ClNO10/c1-17(46-29(38)19-8-7-9-20(35)12-19)36-15-31(16-45-18(2)37)11-10-24(42-4)33-22-13-21-23(41-3)14-32(39,25(22)26(21)43-5)34(40,30(33)36)28(44-6)27(31)33/h7-9,12,17,21-28,30,39-40H,10-11,13-16H2,1-6H3/t17?,21-,22-,23+,24+,25-,26+,27-,28+,30+,31+,32-,33+,34-/m1/s1. The van der Waals surface area contributed by atoms with Crippen molar-refractivity contribution in [2.24, 2.45) is 34.5 Å². The van der Waals surface area contributed by atoms with E-state index in [4.69, 9.17) is 40.0 Å². The first-order valence-electron chi connectivity index (χ1n) is 16.3. The van der Waals surface area contributed by atoms with Gasteiger partial charge >= 0.3 is 11.9 Å². The van der Waals surface area contributed by atoms with Crippen LogP contribution in [-0.4, -0.2) is 117 Å². The van der Waals surface area contributed by atoms with Gasteiger partial charge < -0.3 is 38.6 Å². The van der Waals surface area contributed by atoms with Crippen molar-refractivity contribution in [3.8, 4) is 0 Å². The number of likely N-dealkylation sites (tertiary alicyclic amines) is 1. The molecule has 0 aromatic heterocycles. The summed E-state index contributed by atoms with van der Waals surface area (Å²) in [6, 6.07) is 5.84. The van der Waals surface area contributed by atoms with Crippen molar-refractivity contribution in [2.45, 2.75) is 87.4 Å². The number of hydrogen-bond acceptors (Lipinski definition) is 11. The van der Waals surface area contributed by atoms with Gasteiger partial charge in [-0.15, -0.1) is 0 Å². The quantitative estimate of drug-likeness (QED) is 0.378. The van der Waals surface area contributed by atoms with E-state index in [2.05, 4.69) is 0 Å². The van der Waals surface area contributed by atoms with Crippen LogP contribution in [0, 0.1) is 34.5 Å². The molecule has 6 aliphatic rings. The van der Waals surface area contributed by atoms with Gasteiger partial charge in [0.2, 0.25) is 0 Å². The Bertz CT molecular complexity index is 1400. The molecular formula is C34H46ClNO10. The molecule has 1 spiro atoms. The third kappa shape index (κ3) is 3.91. The molecule has 14 atom stereocenters. The number of carbonyl (C=O) groups excluding carboxylic acids is 2. The Hall–Kier alpha value is -1.83. The maximum absolute atomic E-state index is 13.6. The van der Waals surface area contributed by atoms with Gasteiger partial charge in [0, 0.05) is 81.9 Å². The van der Waals surface area contributed by atoms with Crippen LogP contribution in [-0.2, 0) is 33.2 Å². The smallest absolute Gasteiger partial charge is 0.339 e. The van der Waals surface area contributed by atoms with E-state index in [0.29, 0.717) is 36.4 Å². The number of methoxy groups -OCH3 is 4. The Morgan fingerprint density at radius 3 is 2.50 bits per heavy atom. The van der Waals surface area contributed by atoms with E-state index < -0.39 is 58.3 Å². The summed E-state index contributed by atoms with van der Waals surface area (Å²) in [7, 11) is 6.58. The van der Waals surface area contributed by atoms with Gasteiger partial charge in [0.25, 0.3) is 0 Å². The van der Waals surface area contributed by atoms with Crippen LogP contribution in [0.3, 0.4) is 0 Å². The predicted octanol–water partition coefficient (Wildman–Crippen LogP) is 2.68. The number of rotatable bonds is 9. The summed E-state index contributed by atoms with van der Waals surface area (Å²) in [6.07, 6.45) is -0.563. The Labute approximate surface area is 274 Å². The zero-order valence-electron chi connectivity index (χ0n) is 27.3. The summed E-state index contributed by atoms with van der Waals surface area (Å²) in [6.45, 7) is 3.62. The number of esters is 2. The molecular weight excluding hydrogens is 618 g/mol. The third-order valence-corrected chi connectivity index (χ3v) is 13.4. The molecule has 5 aliphatic carbocycles. The Kier molecular flexibility index (Phi) is 7.89. The highest BCUT2D eigenvalue weighted by atomic mass is 35.5. The fourth-order valence-electron chi connectivity index (χ4n) is 12.1. The summed E-state index contributed by atoms with van der Waals surface area (Å²) >= 11 is 6.20. The van der Waals surface area contributed by atoms with Gasteiger partial charge in [-0.25, -0.2) is 4.79 Å². The molecule has 1 aromatic rings. The van der Waals surface area contributed by atoms with E-state index >= 15 is 0 Å². The molecule has 0 amide bonds. The lowest BCUT2D eigenvalue weighted by atomic mass is 9.42. The average Bonchev–Trinajstić information content (AvgIpc) is 3.44. The monoisotopic (exact) mass is 663 g/mol. The van der Waals surface area contributed by atoms with Crippen LogP contribution >= 0.6 is 11.6 Å². The lowest BCUT2D eigenvalue weighted by Crippen LogP contribution is -2.82. The zero-order chi connectivity index (χ0) is 33.0. The van der Waals surface area contributed by atoms with Crippen molar-refractivity contribution in [1.82, 2.24) is 4.90 Å². The van der Waals surface area contributed by atoms with Gasteiger partial charge in [-0.2, -0.15) is 0 Å². The molecule has 2 N–H and O–H groups in total. The molecule has 254 valence electrons. The molecule has 7 bridgehead atoms. The molecule has 1 heterocycles. The molecule has 7 rings (SSSR count). The maximum atomic E-state index is 13.6. The minimum atomic E-state index is -1.85. The van der Waals surface area contributed by atoms with Gasteiger partial charge in [-0.1, -0.05) is 17.7 Å². The van der Waals surface area contributed by atoms with Crippen molar-refractivity contribution in [3.05, 3.63) is 34.9 Å². The fourth-order valence-corrected chi connectivity index (χ4v) is 12.3. The number of fused-ring (bicyclic) bond motifs is 2.